The second-order valence-corrected chi connectivity index (χ2v) is 8.92. The molecule has 1 aromatic heterocycles. The maximum atomic E-state index is 12.4. The minimum absolute atomic E-state index is 0.00394. The molecule has 0 aliphatic heterocycles. The van der Waals surface area contributed by atoms with E-state index < -0.39 is 10.0 Å². The standard InChI is InChI=1S/C14H22N2O3S2/c1-19-13-4-2-3-12(13)16-21(17,18)14-8-7-11(20-14)9-15-10-5-6-10/h7-8,10,12-13,15-16H,2-6,9H2,1H3. The van der Waals surface area contributed by atoms with Crippen molar-refractivity contribution in [1.29, 1.82) is 0 Å². The molecule has 3 rings (SSSR count). The lowest BCUT2D eigenvalue weighted by atomic mass is 10.2. The minimum atomic E-state index is -3.43. The highest BCUT2D eigenvalue weighted by Crippen LogP contribution is 2.27. The van der Waals surface area contributed by atoms with Gasteiger partial charge in [-0.2, -0.15) is 0 Å². The van der Waals surface area contributed by atoms with Gasteiger partial charge in [-0.05, 0) is 44.2 Å². The van der Waals surface area contributed by atoms with E-state index >= 15 is 0 Å². The molecule has 0 saturated heterocycles. The minimum Gasteiger partial charge on any atom is -0.380 e. The maximum absolute atomic E-state index is 12.4. The molecule has 0 radical (unpaired) electrons. The Bertz CT molecular complexity index is 581. The van der Waals surface area contributed by atoms with Gasteiger partial charge in [-0.25, -0.2) is 13.1 Å². The average molecular weight is 330 g/mol. The van der Waals surface area contributed by atoms with Crippen molar-refractivity contribution in [2.24, 2.45) is 0 Å². The number of hydrogen-bond donors (Lipinski definition) is 2. The molecule has 0 spiro atoms. The highest BCUT2D eigenvalue weighted by Gasteiger charge is 2.31. The van der Waals surface area contributed by atoms with Crippen molar-refractivity contribution in [3.63, 3.8) is 0 Å². The van der Waals surface area contributed by atoms with Crippen molar-refractivity contribution in [2.75, 3.05) is 7.11 Å². The first-order valence-electron chi connectivity index (χ1n) is 7.46. The van der Waals surface area contributed by atoms with E-state index in [0.717, 1.165) is 30.7 Å². The van der Waals surface area contributed by atoms with Crippen LogP contribution in [0, 0.1) is 0 Å². The van der Waals surface area contributed by atoms with Gasteiger partial charge in [-0.15, -0.1) is 11.3 Å². The number of ether oxygens (including phenoxy) is 1. The van der Waals surface area contributed by atoms with Crippen molar-refractivity contribution >= 4 is 21.4 Å². The number of sulfonamides is 1. The van der Waals surface area contributed by atoms with Crippen LogP contribution in [-0.2, 0) is 21.3 Å². The van der Waals surface area contributed by atoms with Crippen LogP contribution in [0.15, 0.2) is 16.3 Å². The molecule has 0 amide bonds. The van der Waals surface area contributed by atoms with Gasteiger partial charge >= 0.3 is 0 Å². The van der Waals surface area contributed by atoms with Crippen LogP contribution in [0.5, 0.6) is 0 Å². The summed E-state index contributed by atoms with van der Waals surface area (Å²) >= 11 is 1.35. The van der Waals surface area contributed by atoms with E-state index in [2.05, 4.69) is 10.0 Å². The van der Waals surface area contributed by atoms with Crippen LogP contribution in [0.3, 0.4) is 0 Å². The van der Waals surface area contributed by atoms with Gasteiger partial charge in [0.1, 0.15) is 4.21 Å². The Morgan fingerprint density at radius 1 is 1.29 bits per heavy atom. The fourth-order valence-electron chi connectivity index (χ4n) is 2.73. The normalized spacial score (nSPS) is 26.3. The van der Waals surface area contributed by atoms with Crippen molar-refractivity contribution in [3.05, 3.63) is 17.0 Å². The van der Waals surface area contributed by atoms with Crippen LogP contribution in [0.2, 0.25) is 0 Å². The van der Waals surface area contributed by atoms with Gasteiger partial charge in [0.25, 0.3) is 0 Å². The first kappa shape index (κ1) is 15.4. The molecular formula is C14H22N2O3S2. The predicted octanol–water partition coefficient (Wildman–Crippen LogP) is 1.85. The molecule has 118 valence electrons. The SMILES string of the molecule is COC1CCCC1NS(=O)(=O)c1ccc(CNC2CC2)s1. The van der Waals surface area contributed by atoms with Crippen molar-refractivity contribution in [1.82, 2.24) is 10.0 Å². The molecule has 2 aliphatic rings. The molecule has 21 heavy (non-hydrogen) atoms. The van der Waals surface area contributed by atoms with Gasteiger partial charge in [-0.1, -0.05) is 0 Å². The number of methoxy groups -OCH3 is 1. The molecule has 5 nitrogen and oxygen atoms in total. The summed E-state index contributed by atoms with van der Waals surface area (Å²) in [6.45, 7) is 0.759. The first-order valence-corrected chi connectivity index (χ1v) is 9.75. The lowest BCUT2D eigenvalue weighted by Crippen LogP contribution is -2.40. The Labute approximate surface area is 130 Å². The Hall–Kier alpha value is -0.470. The highest BCUT2D eigenvalue weighted by atomic mass is 32.2. The van der Waals surface area contributed by atoms with Gasteiger partial charge in [0.15, 0.2) is 0 Å². The molecule has 2 aliphatic carbocycles. The number of hydrogen-bond acceptors (Lipinski definition) is 5. The van der Waals surface area contributed by atoms with Crippen LogP contribution in [0.1, 0.15) is 37.0 Å². The molecule has 2 saturated carbocycles. The zero-order valence-corrected chi connectivity index (χ0v) is 13.8. The van der Waals surface area contributed by atoms with Crippen LogP contribution in [0.25, 0.3) is 0 Å². The van der Waals surface area contributed by atoms with Gasteiger partial charge in [-0.3, -0.25) is 0 Å². The summed E-state index contributed by atoms with van der Waals surface area (Å²) in [6, 6.07) is 4.13. The van der Waals surface area contributed by atoms with E-state index in [-0.39, 0.29) is 12.1 Å². The van der Waals surface area contributed by atoms with Crippen LogP contribution >= 0.6 is 11.3 Å². The summed E-state index contributed by atoms with van der Waals surface area (Å²) < 4.78 is 33.4. The quantitative estimate of drug-likeness (QED) is 0.801. The topological polar surface area (TPSA) is 67.4 Å². The second-order valence-electron chi connectivity index (χ2n) is 5.81. The zero-order chi connectivity index (χ0) is 14.9. The van der Waals surface area contributed by atoms with Gasteiger partial charge in [0, 0.05) is 30.6 Å². The molecule has 2 unspecified atom stereocenters. The summed E-state index contributed by atoms with van der Waals surface area (Å²) in [6.07, 6.45) is 5.24. The summed E-state index contributed by atoms with van der Waals surface area (Å²) in [5.74, 6) is 0. The predicted molar refractivity (Wildman–Crippen MR) is 82.9 cm³/mol. The van der Waals surface area contributed by atoms with E-state index in [9.17, 15) is 8.42 Å². The summed E-state index contributed by atoms with van der Waals surface area (Å²) in [5.41, 5.74) is 0. The van der Waals surface area contributed by atoms with E-state index in [0.29, 0.717) is 10.3 Å². The van der Waals surface area contributed by atoms with E-state index in [1.807, 2.05) is 6.07 Å². The molecule has 2 atom stereocenters. The summed E-state index contributed by atoms with van der Waals surface area (Å²) in [5, 5.41) is 3.40. The summed E-state index contributed by atoms with van der Waals surface area (Å²) in [4.78, 5) is 1.07. The molecular weight excluding hydrogens is 308 g/mol. The zero-order valence-electron chi connectivity index (χ0n) is 12.2. The molecule has 2 fully saturated rings. The fourth-order valence-corrected chi connectivity index (χ4v) is 5.35. The van der Waals surface area contributed by atoms with E-state index in [1.54, 1.807) is 13.2 Å². The first-order chi connectivity index (χ1) is 10.1. The number of thiophene rings is 1. The molecule has 1 aromatic rings. The highest BCUT2D eigenvalue weighted by molar-refractivity contribution is 7.91. The largest absolute Gasteiger partial charge is 0.380 e. The molecule has 7 heteroatoms. The van der Waals surface area contributed by atoms with Crippen LogP contribution in [-0.4, -0.2) is 33.7 Å². The number of rotatable bonds is 7. The van der Waals surface area contributed by atoms with Crippen molar-refractivity contribution < 1.29 is 13.2 Å². The van der Waals surface area contributed by atoms with Gasteiger partial charge in [0.2, 0.25) is 10.0 Å². The summed E-state index contributed by atoms with van der Waals surface area (Å²) in [7, 11) is -1.79. The monoisotopic (exact) mass is 330 g/mol. The number of nitrogens with one attached hydrogen (secondary N) is 2. The Balaban J connectivity index is 1.63. The van der Waals surface area contributed by atoms with Crippen LogP contribution in [0.4, 0.5) is 0 Å². The van der Waals surface area contributed by atoms with Crippen LogP contribution < -0.4 is 10.0 Å². The average Bonchev–Trinajstić information content (AvgIpc) is 2.98. The van der Waals surface area contributed by atoms with E-state index in [1.165, 1.54) is 24.2 Å². The maximum Gasteiger partial charge on any atom is 0.250 e. The third-order valence-corrected chi connectivity index (χ3v) is 7.17. The molecule has 0 bridgehead atoms. The molecule has 1 heterocycles. The Morgan fingerprint density at radius 2 is 2.10 bits per heavy atom. The third kappa shape index (κ3) is 3.84. The van der Waals surface area contributed by atoms with Crippen molar-refractivity contribution in [3.8, 4) is 0 Å². The van der Waals surface area contributed by atoms with Gasteiger partial charge < -0.3 is 10.1 Å². The molecule has 0 aromatic carbocycles. The second kappa shape index (κ2) is 6.34. The smallest absolute Gasteiger partial charge is 0.250 e. The van der Waals surface area contributed by atoms with Gasteiger partial charge in [0.05, 0.1) is 6.10 Å². The lowest BCUT2D eigenvalue weighted by molar-refractivity contribution is 0.0916. The third-order valence-electron chi connectivity index (χ3n) is 4.11. The Morgan fingerprint density at radius 3 is 2.81 bits per heavy atom. The Kier molecular flexibility index (Phi) is 4.66. The fraction of sp³-hybridized carbons (Fsp3) is 0.714. The van der Waals surface area contributed by atoms with E-state index in [4.69, 9.17) is 4.74 Å². The van der Waals surface area contributed by atoms with Crippen molar-refractivity contribution in [2.45, 2.75) is 61.0 Å². The lowest BCUT2D eigenvalue weighted by Gasteiger charge is -2.18. The molecule has 2 N–H and O–H groups in total.